The van der Waals surface area contributed by atoms with Crippen LogP contribution in [0.5, 0.6) is 5.75 Å². The van der Waals surface area contributed by atoms with E-state index in [1.807, 2.05) is 0 Å². The van der Waals surface area contributed by atoms with Gasteiger partial charge in [-0.25, -0.2) is 8.78 Å². The topological polar surface area (TPSA) is 62.4 Å². The summed E-state index contributed by atoms with van der Waals surface area (Å²) in [5.74, 6) is -1.88. The first-order valence-corrected chi connectivity index (χ1v) is 8.49. The fraction of sp³-hybridized carbons (Fsp3) is 0.158. The normalized spacial score (nSPS) is 16.4. The molecule has 27 heavy (non-hydrogen) atoms. The Bertz CT molecular complexity index is 946. The second-order valence-corrected chi connectivity index (χ2v) is 6.31. The molecule has 0 fully saturated rings. The number of amides is 1. The molecule has 0 bridgehead atoms. The van der Waals surface area contributed by atoms with Gasteiger partial charge in [-0.05, 0) is 49.0 Å². The Morgan fingerprint density at radius 3 is 2.63 bits per heavy atom. The average Bonchev–Trinajstić information content (AvgIpc) is 2.63. The van der Waals surface area contributed by atoms with E-state index in [0.717, 1.165) is 12.1 Å². The van der Waals surface area contributed by atoms with Crippen LogP contribution >= 0.6 is 12.2 Å². The third-order valence-corrected chi connectivity index (χ3v) is 4.37. The van der Waals surface area contributed by atoms with Crippen molar-refractivity contribution in [2.24, 2.45) is 0 Å². The van der Waals surface area contributed by atoms with E-state index in [1.165, 1.54) is 13.2 Å². The summed E-state index contributed by atoms with van der Waals surface area (Å²) in [7, 11) is 1.50. The van der Waals surface area contributed by atoms with Gasteiger partial charge in [-0.3, -0.25) is 4.79 Å². The number of halogens is 2. The van der Waals surface area contributed by atoms with Gasteiger partial charge < -0.3 is 20.7 Å². The number of methoxy groups -OCH3 is 1. The molecule has 3 N–H and O–H groups in total. The summed E-state index contributed by atoms with van der Waals surface area (Å²) in [5.41, 5.74) is 1.69. The zero-order valence-corrected chi connectivity index (χ0v) is 15.4. The van der Waals surface area contributed by atoms with E-state index in [2.05, 4.69) is 16.0 Å². The van der Waals surface area contributed by atoms with Crippen molar-refractivity contribution in [1.82, 2.24) is 10.6 Å². The molecular formula is C19H17F2N3O2S. The highest BCUT2D eigenvalue weighted by atomic mass is 32.1. The van der Waals surface area contributed by atoms with Crippen molar-refractivity contribution < 1.29 is 18.3 Å². The lowest BCUT2D eigenvalue weighted by molar-refractivity contribution is -0.113. The maximum atomic E-state index is 13.7. The monoisotopic (exact) mass is 389 g/mol. The van der Waals surface area contributed by atoms with Crippen molar-refractivity contribution in [2.75, 3.05) is 12.4 Å². The number of thiocarbonyl (C=S) groups is 1. The summed E-state index contributed by atoms with van der Waals surface area (Å²) < 4.78 is 32.3. The minimum absolute atomic E-state index is 0.288. The molecule has 0 spiro atoms. The van der Waals surface area contributed by atoms with E-state index in [9.17, 15) is 13.6 Å². The molecule has 0 saturated heterocycles. The summed E-state index contributed by atoms with van der Waals surface area (Å²) >= 11 is 5.15. The molecule has 0 aliphatic carbocycles. The van der Waals surface area contributed by atoms with Crippen LogP contribution in [-0.2, 0) is 4.79 Å². The van der Waals surface area contributed by atoms with Gasteiger partial charge in [0.05, 0.1) is 24.4 Å². The summed E-state index contributed by atoms with van der Waals surface area (Å²) in [6.45, 7) is 1.69. The third-order valence-electron chi connectivity index (χ3n) is 4.15. The van der Waals surface area contributed by atoms with E-state index in [4.69, 9.17) is 17.0 Å². The van der Waals surface area contributed by atoms with Crippen LogP contribution in [0.4, 0.5) is 14.5 Å². The number of anilines is 1. The van der Waals surface area contributed by atoms with Crippen molar-refractivity contribution >= 4 is 28.9 Å². The molecule has 1 atom stereocenters. The Morgan fingerprint density at radius 2 is 1.93 bits per heavy atom. The smallest absolute Gasteiger partial charge is 0.255 e. The average molecular weight is 389 g/mol. The highest BCUT2D eigenvalue weighted by Gasteiger charge is 2.30. The second kappa shape index (κ2) is 7.71. The maximum absolute atomic E-state index is 13.7. The fourth-order valence-corrected chi connectivity index (χ4v) is 3.15. The van der Waals surface area contributed by atoms with Crippen LogP contribution in [0.25, 0.3) is 0 Å². The van der Waals surface area contributed by atoms with E-state index >= 15 is 0 Å². The first-order chi connectivity index (χ1) is 12.9. The largest absolute Gasteiger partial charge is 0.495 e. The minimum atomic E-state index is -0.999. The molecule has 1 aliphatic rings. The van der Waals surface area contributed by atoms with Crippen LogP contribution in [0.1, 0.15) is 18.5 Å². The lowest BCUT2D eigenvalue weighted by atomic mass is 9.94. The molecule has 0 radical (unpaired) electrons. The summed E-state index contributed by atoms with van der Waals surface area (Å²) in [4.78, 5) is 13.0. The van der Waals surface area contributed by atoms with Gasteiger partial charge in [-0.2, -0.15) is 0 Å². The Morgan fingerprint density at radius 1 is 1.19 bits per heavy atom. The molecule has 0 saturated carbocycles. The number of nitrogens with one attached hydrogen (secondary N) is 3. The molecule has 8 heteroatoms. The molecular weight excluding hydrogens is 372 g/mol. The van der Waals surface area contributed by atoms with Crippen molar-refractivity contribution in [2.45, 2.75) is 13.0 Å². The molecule has 2 aromatic carbocycles. The van der Waals surface area contributed by atoms with E-state index < -0.39 is 23.6 Å². The SMILES string of the molecule is COc1ccccc1NC(=O)C1=C(C)NC(=S)N[C@H]1c1ccc(F)c(F)c1. The van der Waals surface area contributed by atoms with Crippen LogP contribution in [0.2, 0.25) is 0 Å². The van der Waals surface area contributed by atoms with Crippen molar-refractivity contribution in [3.63, 3.8) is 0 Å². The summed E-state index contributed by atoms with van der Waals surface area (Å²) in [5, 5.41) is 8.90. The van der Waals surface area contributed by atoms with Gasteiger partial charge in [0.15, 0.2) is 16.7 Å². The quantitative estimate of drug-likeness (QED) is 0.700. The number of ether oxygens (including phenoxy) is 1. The summed E-state index contributed by atoms with van der Waals surface area (Å²) in [6, 6.07) is 9.71. The van der Waals surface area contributed by atoms with Gasteiger partial charge >= 0.3 is 0 Å². The van der Waals surface area contributed by atoms with Crippen LogP contribution in [-0.4, -0.2) is 18.1 Å². The van der Waals surface area contributed by atoms with Crippen LogP contribution in [0.3, 0.4) is 0 Å². The van der Waals surface area contributed by atoms with Crippen LogP contribution in [0.15, 0.2) is 53.7 Å². The van der Waals surface area contributed by atoms with E-state index in [0.29, 0.717) is 28.3 Å². The number of rotatable bonds is 4. The highest BCUT2D eigenvalue weighted by molar-refractivity contribution is 7.80. The molecule has 1 heterocycles. The first-order valence-electron chi connectivity index (χ1n) is 8.08. The fourth-order valence-electron chi connectivity index (χ4n) is 2.87. The molecule has 1 amide bonds. The Labute approximate surface area is 160 Å². The van der Waals surface area contributed by atoms with Crippen molar-refractivity contribution in [1.29, 1.82) is 0 Å². The number of benzene rings is 2. The molecule has 140 valence electrons. The minimum Gasteiger partial charge on any atom is -0.495 e. The molecule has 0 unspecified atom stereocenters. The van der Waals surface area contributed by atoms with E-state index in [1.54, 1.807) is 31.2 Å². The number of allylic oxidation sites excluding steroid dienone is 1. The Balaban J connectivity index is 1.98. The van der Waals surface area contributed by atoms with Gasteiger partial charge in [0.2, 0.25) is 0 Å². The number of carbonyl (C=O) groups is 1. The van der Waals surface area contributed by atoms with Crippen molar-refractivity contribution in [3.8, 4) is 5.75 Å². The molecule has 5 nitrogen and oxygen atoms in total. The van der Waals surface area contributed by atoms with Crippen LogP contribution < -0.4 is 20.7 Å². The second-order valence-electron chi connectivity index (χ2n) is 5.90. The standard InChI is InChI=1S/C19H17F2N3O2S/c1-10-16(18(25)23-14-5-3-4-6-15(14)26-2)17(24-19(27)22-10)11-7-8-12(20)13(21)9-11/h3-9,17H,1-2H3,(H,23,25)(H2,22,24,27)/t17-/m0/s1. The lowest BCUT2D eigenvalue weighted by Crippen LogP contribution is -2.45. The number of hydrogen-bond donors (Lipinski definition) is 3. The van der Waals surface area contributed by atoms with Gasteiger partial charge in [0.25, 0.3) is 5.91 Å². The highest BCUT2D eigenvalue weighted by Crippen LogP contribution is 2.30. The third kappa shape index (κ3) is 3.90. The number of carbonyl (C=O) groups excluding carboxylic acids is 1. The molecule has 3 rings (SSSR count). The predicted molar refractivity (Wildman–Crippen MR) is 102 cm³/mol. The van der Waals surface area contributed by atoms with Crippen molar-refractivity contribution in [3.05, 3.63) is 70.9 Å². The zero-order valence-electron chi connectivity index (χ0n) is 14.6. The van der Waals surface area contributed by atoms with Gasteiger partial charge in [0.1, 0.15) is 5.75 Å². The maximum Gasteiger partial charge on any atom is 0.255 e. The molecule has 1 aliphatic heterocycles. The predicted octanol–water partition coefficient (Wildman–Crippen LogP) is 3.40. The van der Waals surface area contributed by atoms with Crippen LogP contribution in [0, 0.1) is 11.6 Å². The Kier molecular flexibility index (Phi) is 5.36. The first kappa shape index (κ1) is 18.8. The molecule has 2 aromatic rings. The molecule has 0 aromatic heterocycles. The van der Waals surface area contributed by atoms with Gasteiger partial charge in [-0.1, -0.05) is 18.2 Å². The number of hydrogen-bond acceptors (Lipinski definition) is 3. The van der Waals surface area contributed by atoms with E-state index in [-0.39, 0.29) is 5.11 Å². The Hall–Kier alpha value is -3.00. The lowest BCUT2D eigenvalue weighted by Gasteiger charge is -2.30. The summed E-state index contributed by atoms with van der Waals surface area (Å²) in [6.07, 6.45) is 0. The zero-order chi connectivity index (χ0) is 19.6. The van der Waals surface area contributed by atoms with Gasteiger partial charge in [-0.15, -0.1) is 0 Å². The van der Waals surface area contributed by atoms with Gasteiger partial charge in [0, 0.05) is 5.70 Å². The number of para-hydroxylation sites is 2.